The first-order valence-corrected chi connectivity index (χ1v) is 4.92. The molecule has 1 aliphatic heterocycles. The van der Waals surface area contributed by atoms with Crippen molar-refractivity contribution >= 4 is 11.8 Å². The second kappa shape index (κ2) is 3.11. The summed E-state index contributed by atoms with van der Waals surface area (Å²) < 4.78 is 36.8. The Hall–Kier alpha value is -1.27. The molecule has 1 unspecified atom stereocenters. The van der Waals surface area contributed by atoms with Gasteiger partial charge in [-0.1, -0.05) is 0 Å². The Labute approximate surface area is 89.6 Å². The van der Waals surface area contributed by atoms with Gasteiger partial charge in [-0.2, -0.15) is 13.2 Å². The average molecular weight is 236 g/mol. The van der Waals surface area contributed by atoms with Gasteiger partial charge in [-0.3, -0.25) is 9.59 Å². The number of nitrogens with two attached hydrogens (primary N) is 1. The number of rotatable bonds is 1. The van der Waals surface area contributed by atoms with E-state index in [-0.39, 0.29) is 18.4 Å². The summed E-state index contributed by atoms with van der Waals surface area (Å²) in [6, 6.07) is -1.10. The summed E-state index contributed by atoms with van der Waals surface area (Å²) in [6.07, 6.45) is -3.14. The molecule has 16 heavy (non-hydrogen) atoms. The van der Waals surface area contributed by atoms with Crippen molar-refractivity contribution in [1.82, 2.24) is 4.90 Å². The first-order valence-electron chi connectivity index (χ1n) is 4.92. The van der Waals surface area contributed by atoms with E-state index in [4.69, 9.17) is 5.73 Å². The van der Waals surface area contributed by atoms with Gasteiger partial charge in [0.1, 0.15) is 6.04 Å². The van der Waals surface area contributed by atoms with Crippen LogP contribution in [0, 0.1) is 5.41 Å². The third-order valence-electron chi connectivity index (χ3n) is 3.30. The lowest BCUT2D eigenvalue weighted by atomic mass is 10.0. The van der Waals surface area contributed by atoms with Crippen molar-refractivity contribution in [3.05, 3.63) is 0 Å². The van der Waals surface area contributed by atoms with E-state index < -0.39 is 24.0 Å². The second-order valence-electron chi connectivity index (χ2n) is 4.55. The summed E-state index contributed by atoms with van der Waals surface area (Å²) in [7, 11) is 0. The molecule has 2 fully saturated rings. The average Bonchev–Trinajstić information content (AvgIpc) is 2.74. The van der Waals surface area contributed by atoms with Crippen LogP contribution in [0.3, 0.4) is 0 Å². The molecule has 2 aliphatic rings. The van der Waals surface area contributed by atoms with Crippen LogP contribution in [-0.2, 0) is 9.59 Å². The zero-order valence-electron chi connectivity index (χ0n) is 8.38. The third-order valence-corrected chi connectivity index (χ3v) is 3.30. The van der Waals surface area contributed by atoms with Crippen molar-refractivity contribution < 1.29 is 22.8 Å². The van der Waals surface area contributed by atoms with Gasteiger partial charge in [0.15, 0.2) is 0 Å². The molecule has 0 bridgehead atoms. The zero-order chi connectivity index (χ0) is 12.1. The molecule has 2 amide bonds. The fraction of sp³-hybridized carbons (Fsp3) is 0.778. The SMILES string of the molecule is NC(=O)C1CC2(CC2)CN1C(=O)C(F)(F)F. The minimum absolute atomic E-state index is 0.00104. The van der Waals surface area contributed by atoms with Crippen LogP contribution in [-0.4, -0.2) is 35.5 Å². The number of carbonyl (C=O) groups excluding carboxylic acids is 2. The lowest BCUT2D eigenvalue weighted by Crippen LogP contribution is -2.48. The number of primary amides is 1. The maximum absolute atomic E-state index is 12.3. The van der Waals surface area contributed by atoms with Gasteiger partial charge in [0, 0.05) is 6.54 Å². The first-order chi connectivity index (χ1) is 7.25. The predicted molar refractivity (Wildman–Crippen MR) is 47.0 cm³/mol. The Morgan fingerprint density at radius 2 is 1.88 bits per heavy atom. The summed E-state index contributed by atoms with van der Waals surface area (Å²) in [5.74, 6) is -2.82. The molecule has 0 aromatic heterocycles. The van der Waals surface area contributed by atoms with Gasteiger partial charge >= 0.3 is 12.1 Å². The van der Waals surface area contributed by atoms with Gasteiger partial charge < -0.3 is 10.6 Å². The van der Waals surface area contributed by atoms with Crippen LogP contribution in [0.2, 0.25) is 0 Å². The van der Waals surface area contributed by atoms with Gasteiger partial charge in [-0.05, 0) is 24.7 Å². The van der Waals surface area contributed by atoms with Crippen molar-refractivity contribution in [3.8, 4) is 0 Å². The zero-order valence-corrected chi connectivity index (χ0v) is 8.38. The minimum Gasteiger partial charge on any atom is -0.368 e. The normalized spacial score (nSPS) is 27.2. The van der Waals surface area contributed by atoms with Gasteiger partial charge in [-0.25, -0.2) is 0 Å². The monoisotopic (exact) mass is 236 g/mol. The van der Waals surface area contributed by atoms with Gasteiger partial charge in [0.25, 0.3) is 0 Å². The van der Waals surface area contributed by atoms with Crippen LogP contribution in [0.4, 0.5) is 13.2 Å². The molecule has 1 heterocycles. The standard InChI is InChI=1S/C9H11F3N2O2/c10-9(11,12)7(16)14-4-8(1-2-8)3-5(14)6(13)15/h5H,1-4H2,(H2,13,15). The molecule has 2 rings (SSSR count). The van der Waals surface area contributed by atoms with E-state index in [2.05, 4.69) is 0 Å². The molecule has 2 N–H and O–H groups in total. The van der Waals surface area contributed by atoms with Crippen LogP contribution < -0.4 is 5.73 Å². The van der Waals surface area contributed by atoms with Gasteiger partial charge in [-0.15, -0.1) is 0 Å². The highest BCUT2D eigenvalue weighted by molar-refractivity contribution is 5.90. The van der Waals surface area contributed by atoms with Gasteiger partial charge in [0.2, 0.25) is 5.91 Å². The van der Waals surface area contributed by atoms with Gasteiger partial charge in [0.05, 0.1) is 0 Å². The number of halogens is 3. The number of alkyl halides is 3. The van der Waals surface area contributed by atoms with E-state index in [0.29, 0.717) is 4.90 Å². The molecule has 1 atom stereocenters. The second-order valence-corrected chi connectivity index (χ2v) is 4.55. The molecule has 0 radical (unpaired) electrons. The summed E-state index contributed by atoms with van der Waals surface area (Å²) in [4.78, 5) is 22.7. The number of hydrogen-bond acceptors (Lipinski definition) is 2. The predicted octanol–water partition coefficient (Wildman–Crippen LogP) is 0.415. The van der Waals surface area contributed by atoms with E-state index in [1.54, 1.807) is 0 Å². The fourth-order valence-corrected chi connectivity index (χ4v) is 2.23. The highest BCUT2D eigenvalue weighted by Gasteiger charge is 2.58. The van der Waals surface area contributed by atoms with E-state index in [0.717, 1.165) is 12.8 Å². The maximum atomic E-state index is 12.3. The van der Waals surface area contributed by atoms with Crippen molar-refractivity contribution in [2.45, 2.75) is 31.5 Å². The summed E-state index contributed by atoms with van der Waals surface area (Å²) >= 11 is 0. The Morgan fingerprint density at radius 1 is 1.31 bits per heavy atom. The Bertz CT molecular complexity index is 349. The number of hydrogen-bond donors (Lipinski definition) is 1. The summed E-state index contributed by atoms with van der Waals surface area (Å²) in [6.45, 7) is -0.00104. The van der Waals surface area contributed by atoms with Crippen LogP contribution in [0.25, 0.3) is 0 Å². The van der Waals surface area contributed by atoms with Crippen molar-refractivity contribution in [3.63, 3.8) is 0 Å². The molecular formula is C9H11F3N2O2. The van der Waals surface area contributed by atoms with E-state index in [1.165, 1.54) is 0 Å². The minimum atomic E-state index is -4.94. The largest absolute Gasteiger partial charge is 0.471 e. The summed E-state index contributed by atoms with van der Waals surface area (Å²) in [5, 5.41) is 0. The number of likely N-dealkylation sites (tertiary alicyclic amines) is 1. The molecule has 0 aromatic rings. The quantitative estimate of drug-likeness (QED) is 0.717. The highest BCUT2D eigenvalue weighted by Crippen LogP contribution is 2.55. The van der Waals surface area contributed by atoms with Crippen molar-refractivity contribution in [2.24, 2.45) is 11.1 Å². The number of amides is 2. The smallest absolute Gasteiger partial charge is 0.368 e. The van der Waals surface area contributed by atoms with E-state index in [1.807, 2.05) is 0 Å². The molecule has 4 nitrogen and oxygen atoms in total. The van der Waals surface area contributed by atoms with Crippen molar-refractivity contribution in [2.75, 3.05) is 6.54 Å². The third kappa shape index (κ3) is 1.74. The topological polar surface area (TPSA) is 63.4 Å². The molecule has 7 heteroatoms. The van der Waals surface area contributed by atoms with Crippen LogP contribution >= 0.6 is 0 Å². The van der Waals surface area contributed by atoms with E-state index in [9.17, 15) is 22.8 Å². The Morgan fingerprint density at radius 3 is 2.25 bits per heavy atom. The number of nitrogens with zero attached hydrogens (tertiary/aromatic N) is 1. The first kappa shape index (κ1) is 11.2. The van der Waals surface area contributed by atoms with Crippen LogP contribution in [0.15, 0.2) is 0 Å². The Balaban J connectivity index is 2.19. The summed E-state index contributed by atoms with van der Waals surface area (Å²) in [5.41, 5.74) is 4.74. The molecule has 0 aromatic carbocycles. The molecular weight excluding hydrogens is 225 g/mol. The lowest BCUT2D eigenvalue weighted by molar-refractivity contribution is -0.186. The molecule has 1 saturated carbocycles. The molecule has 1 saturated heterocycles. The fourth-order valence-electron chi connectivity index (χ4n) is 2.23. The lowest BCUT2D eigenvalue weighted by Gasteiger charge is -2.23. The molecule has 1 aliphatic carbocycles. The van der Waals surface area contributed by atoms with Crippen LogP contribution in [0.5, 0.6) is 0 Å². The molecule has 1 spiro atoms. The maximum Gasteiger partial charge on any atom is 0.471 e. The highest BCUT2D eigenvalue weighted by atomic mass is 19.4. The van der Waals surface area contributed by atoms with Crippen LogP contribution in [0.1, 0.15) is 19.3 Å². The number of carbonyl (C=O) groups is 2. The van der Waals surface area contributed by atoms with Crippen molar-refractivity contribution in [1.29, 1.82) is 0 Å². The van der Waals surface area contributed by atoms with E-state index >= 15 is 0 Å². The molecule has 90 valence electrons. The Kier molecular flexibility index (Phi) is 2.18.